The molecule has 2 unspecified atom stereocenters. The normalized spacial score (nSPS) is 17.1. The monoisotopic (exact) mass is 270 g/mol. The molecule has 0 spiro atoms. The highest BCUT2D eigenvalue weighted by Crippen LogP contribution is 2.26. The summed E-state index contributed by atoms with van der Waals surface area (Å²) in [6.07, 6.45) is 0. The molecule has 1 aromatic rings. The van der Waals surface area contributed by atoms with E-state index in [1.807, 2.05) is 25.9 Å². The van der Waals surface area contributed by atoms with E-state index in [0.29, 0.717) is 25.0 Å². The van der Waals surface area contributed by atoms with Crippen LogP contribution in [0.4, 0.5) is 0 Å². The first-order valence-electron chi connectivity index (χ1n) is 6.46. The smallest absolute Gasteiger partial charge is 0.0869 e. The molecule has 0 aliphatic rings. The van der Waals surface area contributed by atoms with Gasteiger partial charge in [0.2, 0.25) is 0 Å². The number of likely N-dealkylation sites (N-methyl/N-ethyl adjacent to an activating group) is 1. The van der Waals surface area contributed by atoms with E-state index < -0.39 is 5.60 Å². The fourth-order valence-corrected chi connectivity index (χ4v) is 3.17. The number of aliphatic hydroxyl groups is 1. The highest BCUT2D eigenvalue weighted by Gasteiger charge is 2.24. The fraction of sp³-hybridized carbons (Fsp3) is 0.714. The molecule has 4 heteroatoms. The average molecular weight is 270 g/mol. The minimum Gasteiger partial charge on any atom is -0.388 e. The van der Waals surface area contributed by atoms with Gasteiger partial charge in [0.15, 0.2) is 0 Å². The van der Waals surface area contributed by atoms with Crippen LogP contribution in [0.15, 0.2) is 17.5 Å². The van der Waals surface area contributed by atoms with Gasteiger partial charge in [0.1, 0.15) is 0 Å². The molecule has 104 valence electrons. The van der Waals surface area contributed by atoms with Crippen molar-refractivity contribution in [3.63, 3.8) is 0 Å². The van der Waals surface area contributed by atoms with Gasteiger partial charge in [-0.15, -0.1) is 11.3 Å². The third-order valence-electron chi connectivity index (χ3n) is 2.88. The van der Waals surface area contributed by atoms with Gasteiger partial charge < -0.3 is 15.3 Å². The first-order chi connectivity index (χ1) is 8.32. The molecular weight excluding hydrogens is 244 g/mol. The number of nitrogens with one attached hydrogen (secondary N) is 1. The zero-order valence-electron chi connectivity index (χ0n) is 12.1. The van der Waals surface area contributed by atoms with Crippen LogP contribution in [0.25, 0.3) is 0 Å². The summed E-state index contributed by atoms with van der Waals surface area (Å²) in [6, 6.07) is 4.55. The van der Waals surface area contributed by atoms with Crippen molar-refractivity contribution in [1.82, 2.24) is 10.2 Å². The minimum atomic E-state index is -0.700. The van der Waals surface area contributed by atoms with Crippen LogP contribution in [0.3, 0.4) is 0 Å². The van der Waals surface area contributed by atoms with E-state index in [2.05, 4.69) is 36.7 Å². The van der Waals surface area contributed by atoms with Crippen molar-refractivity contribution < 1.29 is 5.11 Å². The average Bonchev–Trinajstić information content (AvgIpc) is 2.68. The lowest BCUT2D eigenvalue weighted by atomic mass is 10.0. The van der Waals surface area contributed by atoms with Gasteiger partial charge in [-0.2, -0.15) is 0 Å². The molecule has 1 rings (SSSR count). The maximum atomic E-state index is 10.3. The third kappa shape index (κ3) is 5.06. The molecule has 3 nitrogen and oxygen atoms in total. The SMILES string of the molecule is CC(C)C(NCC(C)(O)CN(C)C)c1cccs1. The van der Waals surface area contributed by atoms with Gasteiger partial charge in [-0.1, -0.05) is 19.9 Å². The predicted molar refractivity (Wildman–Crippen MR) is 79.1 cm³/mol. The van der Waals surface area contributed by atoms with E-state index >= 15 is 0 Å². The standard InChI is InChI=1S/C14H26N2OS/c1-11(2)13(12-7-6-8-18-12)15-9-14(3,17)10-16(4)5/h6-8,11,13,15,17H,9-10H2,1-5H3. The lowest BCUT2D eigenvalue weighted by Gasteiger charge is -2.30. The first-order valence-corrected chi connectivity index (χ1v) is 7.34. The maximum Gasteiger partial charge on any atom is 0.0869 e. The lowest BCUT2D eigenvalue weighted by Crippen LogP contribution is -2.46. The van der Waals surface area contributed by atoms with Gasteiger partial charge in [-0.3, -0.25) is 0 Å². The van der Waals surface area contributed by atoms with Crippen LogP contribution in [0.2, 0.25) is 0 Å². The molecule has 2 N–H and O–H groups in total. The molecule has 0 aliphatic carbocycles. The van der Waals surface area contributed by atoms with Crippen molar-refractivity contribution in [3.8, 4) is 0 Å². The molecule has 0 amide bonds. The number of hydrogen-bond donors (Lipinski definition) is 2. The minimum absolute atomic E-state index is 0.318. The van der Waals surface area contributed by atoms with Gasteiger partial charge in [0.25, 0.3) is 0 Å². The molecule has 0 saturated heterocycles. The van der Waals surface area contributed by atoms with E-state index in [0.717, 1.165) is 0 Å². The van der Waals surface area contributed by atoms with Crippen molar-refractivity contribution in [3.05, 3.63) is 22.4 Å². The molecule has 1 aromatic heterocycles. The van der Waals surface area contributed by atoms with Crippen LogP contribution in [-0.2, 0) is 0 Å². The van der Waals surface area contributed by atoms with E-state index in [-0.39, 0.29) is 0 Å². The summed E-state index contributed by atoms with van der Waals surface area (Å²) < 4.78 is 0. The predicted octanol–water partition coefficient (Wildman–Crippen LogP) is 2.35. The first kappa shape index (κ1) is 15.6. The van der Waals surface area contributed by atoms with Crippen LogP contribution in [-0.4, -0.2) is 42.8 Å². The van der Waals surface area contributed by atoms with Gasteiger partial charge >= 0.3 is 0 Å². The van der Waals surface area contributed by atoms with E-state index in [4.69, 9.17) is 0 Å². The van der Waals surface area contributed by atoms with Crippen molar-refractivity contribution in [2.24, 2.45) is 5.92 Å². The molecule has 0 radical (unpaired) electrons. The van der Waals surface area contributed by atoms with E-state index in [1.165, 1.54) is 4.88 Å². The molecule has 0 bridgehead atoms. The molecule has 0 saturated carbocycles. The highest BCUT2D eigenvalue weighted by molar-refractivity contribution is 7.10. The largest absolute Gasteiger partial charge is 0.388 e. The molecule has 0 aromatic carbocycles. The maximum absolute atomic E-state index is 10.3. The van der Waals surface area contributed by atoms with Gasteiger partial charge in [0.05, 0.1) is 5.60 Å². The van der Waals surface area contributed by atoms with E-state index in [9.17, 15) is 5.11 Å². The number of rotatable bonds is 7. The van der Waals surface area contributed by atoms with Crippen LogP contribution in [0, 0.1) is 5.92 Å². The Bertz CT molecular complexity index is 334. The Morgan fingerprint density at radius 1 is 1.44 bits per heavy atom. The molecule has 0 fully saturated rings. The number of nitrogens with zero attached hydrogens (tertiary/aromatic N) is 1. The Balaban J connectivity index is 2.58. The van der Waals surface area contributed by atoms with Crippen LogP contribution in [0.5, 0.6) is 0 Å². The Labute approximate surface area is 115 Å². The lowest BCUT2D eigenvalue weighted by molar-refractivity contribution is 0.0300. The molecule has 2 atom stereocenters. The zero-order chi connectivity index (χ0) is 13.8. The van der Waals surface area contributed by atoms with Gasteiger partial charge in [0, 0.05) is 24.0 Å². The van der Waals surface area contributed by atoms with Crippen LogP contribution >= 0.6 is 11.3 Å². The van der Waals surface area contributed by atoms with Gasteiger partial charge in [-0.25, -0.2) is 0 Å². The Kier molecular flexibility index (Phi) is 5.79. The quantitative estimate of drug-likeness (QED) is 0.798. The summed E-state index contributed by atoms with van der Waals surface area (Å²) in [7, 11) is 3.96. The summed E-state index contributed by atoms with van der Waals surface area (Å²) in [5.41, 5.74) is -0.700. The molecule has 1 heterocycles. The number of thiophene rings is 1. The van der Waals surface area contributed by atoms with Crippen molar-refractivity contribution in [2.45, 2.75) is 32.4 Å². The molecular formula is C14H26N2OS. The topological polar surface area (TPSA) is 35.5 Å². The van der Waals surface area contributed by atoms with Crippen molar-refractivity contribution >= 4 is 11.3 Å². The zero-order valence-corrected chi connectivity index (χ0v) is 12.9. The fourth-order valence-electron chi connectivity index (χ4n) is 2.20. The summed E-state index contributed by atoms with van der Waals surface area (Å²) >= 11 is 1.77. The van der Waals surface area contributed by atoms with Crippen LogP contribution in [0.1, 0.15) is 31.7 Å². The van der Waals surface area contributed by atoms with Crippen molar-refractivity contribution in [2.75, 3.05) is 27.2 Å². The number of hydrogen-bond acceptors (Lipinski definition) is 4. The summed E-state index contributed by atoms with van der Waals surface area (Å²) in [4.78, 5) is 3.35. The van der Waals surface area contributed by atoms with E-state index in [1.54, 1.807) is 11.3 Å². The van der Waals surface area contributed by atoms with Gasteiger partial charge in [-0.05, 0) is 38.4 Å². The van der Waals surface area contributed by atoms with Crippen LogP contribution < -0.4 is 5.32 Å². The molecule has 0 aliphatic heterocycles. The summed E-state index contributed by atoms with van der Waals surface area (Å²) in [5.74, 6) is 0.513. The second kappa shape index (κ2) is 6.66. The Morgan fingerprint density at radius 2 is 2.11 bits per heavy atom. The second-order valence-electron chi connectivity index (χ2n) is 5.85. The Morgan fingerprint density at radius 3 is 2.56 bits per heavy atom. The summed E-state index contributed by atoms with van der Waals surface area (Å²) in [6.45, 7) is 7.56. The summed E-state index contributed by atoms with van der Waals surface area (Å²) in [5, 5.41) is 15.9. The van der Waals surface area contributed by atoms with Crippen molar-refractivity contribution in [1.29, 1.82) is 0 Å². The second-order valence-corrected chi connectivity index (χ2v) is 6.83. The third-order valence-corrected chi connectivity index (χ3v) is 3.83. The Hall–Kier alpha value is -0.420. The molecule has 18 heavy (non-hydrogen) atoms. The highest BCUT2D eigenvalue weighted by atomic mass is 32.1.